The normalized spacial score (nSPS) is 16.0. The van der Waals surface area contributed by atoms with Crippen molar-refractivity contribution in [3.05, 3.63) is 70.9 Å². The molecular weight excluding hydrogens is 426 g/mol. The number of aromatic nitrogens is 3. The van der Waals surface area contributed by atoms with Gasteiger partial charge in [0.05, 0.1) is 40.7 Å². The minimum absolute atomic E-state index is 0.165. The lowest BCUT2D eigenvalue weighted by atomic mass is 10.0. The van der Waals surface area contributed by atoms with Gasteiger partial charge in [-0.3, -0.25) is 9.20 Å². The molecule has 0 spiro atoms. The van der Waals surface area contributed by atoms with Gasteiger partial charge in [-0.15, -0.1) is 0 Å². The Hall–Kier alpha value is -3.69. The lowest BCUT2D eigenvalue weighted by Gasteiger charge is -2.26. The smallest absolute Gasteiger partial charge is 0.382 e. The molecular formula is C22H17F4N5O. The summed E-state index contributed by atoms with van der Waals surface area (Å²) in [5.41, 5.74) is 7.46. The van der Waals surface area contributed by atoms with Crippen molar-refractivity contribution in [2.75, 3.05) is 12.8 Å². The molecule has 164 valence electrons. The average Bonchev–Trinajstić information content (AvgIpc) is 3.39. The second-order valence-electron chi connectivity index (χ2n) is 7.85. The largest absolute Gasteiger partial charge is 0.416 e. The molecule has 0 aliphatic heterocycles. The fourth-order valence-corrected chi connectivity index (χ4v) is 4.37. The van der Waals surface area contributed by atoms with Gasteiger partial charge >= 0.3 is 6.18 Å². The zero-order chi connectivity index (χ0) is 22.8. The van der Waals surface area contributed by atoms with E-state index in [0.29, 0.717) is 35.0 Å². The highest BCUT2D eigenvalue weighted by Gasteiger charge is 2.35. The SMILES string of the molecule is CN(C(=O)c1cc2c(cc1F)nc(N)c1cncn12)[C@@H]1CCc2cc(C(F)(F)F)ccc21. The molecule has 4 aromatic rings. The van der Waals surface area contributed by atoms with Crippen molar-refractivity contribution in [2.24, 2.45) is 0 Å². The molecule has 0 saturated heterocycles. The Kier molecular flexibility index (Phi) is 4.37. The van der Waals surface area contributed by atoms with Crippen LogP contribution in [0.1, 0.15) is 39.5 Å². The van der Waals surface area contributed by atoms with Gasteiger partial charge in [0.25, 0.3) is 5.91 Å². The Morgan fingerprint density at radius 3 is 2.75 bits per heavy atom. The van der Waals surface area contributed by atoms with E-state index in [1.165, 1.54) is 36.6 Å². The van der Waals surface area contributed by atoms with Crippen LogP contribution in [0.25, 0.3) is 16.6 Å². The minimum Gasteiger partial charge on any atom is -0.382 e. The van der Waals surface area contributed by atoms with Crippen molar-refractivity contribution < 1.29 is 22.4 Å². The first-order valence-electron chi connectivity index (χ1n) is 9.83. The Labute approximate surface area is 179 Å². The summed E-state index contributed by atoms with van der Waals surface area (Å²) in [5, 5.41) is 0. The van der Waals surface area contributed by atoms with Crippen molar-refractivity contribution >= 4 is 28.3 Å². The van der Waals surface area contributed by atoms with E-state index in [9.17, 15) is 22.4 Å². The van der Waals surface area contributed by atoms with E-state index in [-0.39, 0.29) is 16.9 Å². The molecule has 1 atom stereocenters. The number of benzene rings is 2. The first-order valence-corrected chi connectivity index (χ1v) is 9.83. The molecule has 0 radical (unpaired) electrons. The van der Waals surface area contributed by atoms with Crippen molar-refractivity contribution in [1.82, 2.24) is 19.3 Å². The summed E-state index contributed by atoms with van der Waals surface area (Å²) in [6.45, 7) is 0. The second kappa shape index (κ2) is 6.91. The van der Waals surface area contributed by atoms with E-state index in [0.717, 1.165) is 18.2 Å². The van der Waals surface area contributed by atoms with E-state index in [1.54, 1.807) is 4.40 Å². The van der Waals surface area contributed by atoms with Gasteiger partial charge in [-0.05, 0) is 42.2 Å². The molecule has 1 aliphatic carbocycles. The molecule has 2 N–H and O–H groups in total. The van der Waals surface area contributed by atoms with Crippen molar-refractivity contribution in [1.29, 1.82) is 0 Å². The van der Waals surface area contributed by atoms with Gasteiger partial charge in [-0.1, -0.05) is 6.07 Å². The van der Waals surface area contributed by atoms with Gasteiger partial charge in [-0.2, -0.15) is 13.2 Å². The van der Waals surface area contributed by atoms with E-state index in [1.807, 2.05) is 0 Å². The fraction of sp³-hybridized carbons (Fsp3) is 0.227. The maximum absolute atomic E-state index is 14.9. The number of amides is 1. The van der Waals surface area contributed by atoms with E-state index >= 15 is 0 Å². The summed E-state index contributed by atoms with van der Waals surface area (Å²) < 4.78 is 55.6. The monoisotopic (exact) mass is 443 g/mol. The zero-order valence-corrected chi connectivity index (χ0v) is 16.8. The number of halogens is 4. The van der Waals surface area contributed by atoms with Crippen LogP contribution in [0.4, 0.5) is 23.4 Å². The lowest BCUT2D eigenvalue weighted by molar-refractivity contribution is -0.137. The van der Waals surface area contributed by atoms with Gasteiger partial charge in [0.1, 0.15) is 17.2 Å². The van der Waals surface area contributed by atoms with E-state index in [4.69, 9.17) is 5.73 Å². The molecule has 0 bridgehead atoms. The number of aryl methyl sites for hydroxylation is 1. The standard InChI is InChI=1S/C22H17F4N5O/c1-30(17-5-2-11-6-12(22(24,25)26)3-4-13(11)17)21(32)14-7-18-16(8-15(14)23)29-20(27)19-9-28-10-31(18)19/h3-4,6-10,17H,2,5H2,1H3,(H2,27,29)/t17-/m1/s1. The third-order valence-electron chi connectivity index (χ3n) is 6.00. The first-order chi connectivity index (χ1) is 15.1. The van der Waals surface area contributed by atoms with Crippen molar-refractivity contribution in [3.8, 4) is 0 Å². The van der Waals surface area contributed by atoms with Crippen molar-refractivity contribution in [3.63, 3.8) is 0 Å². The topological polar surface area (TPSA) is 76.5 Å². The Morgan fingerprint density at radius 2 is 2.00 bits per heavy atom. The molecule has 10 heteroatoms. The molecule has 1 aliphatic rings. The zero-order valence-electron chi connectivity index (χ0n) is 16.8. The number of carbonyl (C=O) groups is 1. The van der Waals surface area contributed by atoms with Gasteiger partial charge in [0, 0.05) is 13.1 Å². The highest BCUT2D eigenvalue weighted by atomic mass is 19.4. The van der Waals surface area contributed by atoms with Crippen LogP contribution in [0.2, 0.25) is 0 Å². The van der Waals surface area contributed by atoms with Gasteiger partial charge < -0.3 is 10.6 Å². The number of hydrogen-bond donors (Lipinski definition) is 1. The van der Waals surface area contributed by atoms with Crippen molar-refractivity contribution in [2.45, 2.75) is 25.1 Å². The maximum atomic E-state index is 14.9. The summed E-state index contributed by atoms with van der Waals surface area (Å²) >= 11 is 0. The summed E-state index contributed by atoms with van der Waals surface area (Å²) in [5.74, 6) is -1.15. The number of imidazole rings is 1. The molecule has 32 heavy (non-hydrogen) atoms. The molecule has 0 fully saturated rings. The van der Waals surface area contributed by atoms with Gasteiger partial charge in [0.2, 0.25) is 0 Å². The van der Waals surface area contributed by atoms with Crippen LogP contribution in [0.5, 0.6) is 0 Å². The third kappa shape index (κ3) is 3.05. The summed E-state index contributed by atoms with van der Waals surface area (Å²) in [6.07, 6.45) is -0.557. The number of fused-ring (bicyclic) bond motifs is 4. The number of nitrogen functional groups attached to an aromatic ring is 1. The number of anilines is 1. The molecule has 2 aromatic heterocycles. The Morgan fingerprint density at radius 1 is 1.22 bits per heavy atom. The van der Waals surface area contributed by atoms with Crippen LogP contribution >= 0.6 is 0 Å². The summed E-state index contributed by atoms with van der Waals surface area (Å²) in [4.78, 5) is 22.8. The van der Waals surface area contributed by atoms with E-state index in [2.05, 4.69) is 9.97 Å². The average molecular weight is 443 g/mol. The maximum Gasteiger partial charge on any atom is 0.416 e. The molecule has 5 rings (SSSR count). The molecule has 0 unspecified atom stereocenters. The highest BCUT2D eigenvalue weighted by molar-refractivity contribution is 5.98. The second-order valence-corrected chi connectivity index (χ2v) is 7.85. The molecule has 0 saturated carbocycles. The van der Waals surface area contributed by atoms with Crippen LogP contribution in [0, 0.1) is 5.82 Å². The predicted octanol–water partition coefficient (Wildman–Crippen LogP) is 4.38. The molecule has 1 amide bonds. The molecule has 2 heterocycles. The Balaban J connectivity index is 1.53. The number of rotatable bonds is 2. The minimum atomic E-state index is -4.43. The van der Waals surface area contributed by atoms with Gasteiger partial charge in [0.15, 0.2) is 0 Å². The Bertz CT molecular complexity index is 1390. The lowest BCUT2D eigenvalue weighted by Crippen LogP contribution is -2.31. The third-order valence-corrected chi connectivity index (χ3v) is 6.00. The summed E-state index contributed by atoms with van der Waals surface area (Å²) in [7, 11) is 1.53. The quantitative estimate of drug-likeness (QED) is 0.467. The molecule has 6 nitrogen and oxygen atoms in total. The van der Waals surface area contributed by atoms with Crippen LogP contribution in [0.3, 0.4) is 0 Å². The summed E-state index contributed by atoms with van der Waals surface area (Å²) in [6, 6.07) is 5.62. The van der Waals surface area contributed by atoms with Crippen LogP contribution in [-0.4, -0.2) is 32.2 Å². The van der Waals surface area contributed by atoms with Crippen LogP contribution in [-0.2, 0) is 12.6 Å². The predicted molar refractivity (Wildman–Crippen MR) is 109 cm³/mol. The number of hydrogen-bond acceptors (Lipinski definition) is 4. The van der Waals surface area contributed by atoms with Crippen LogP contribution < -0.4 is 5.73 Å². The number of carbonyl (C=O) groups excluding carboxylic acids is 1. The number of nitrogens with two attached hydrogens (primary N) is 1. The number of nitrogens with zero attached hydrogens (tertiary/aromatic N) is 4. The van der Waals surface area contributed by atoms with E-state index < -0.39 is 29.5 Å². The number of alkyl halides is 3. The highest BCUT2D eigenvalue weighted by Crippen LogP contribution is 2.39. The van der Waals surface area contributed by atoms with Crippen LogP contribution in [0.15, 0.2) is 42.9 Å². The van der Waals surface area contributed by atoms with Gasteiger partial charge in [-0.25, -0.2) is 14.4 Å². The fourth-order valence-electron chi connectivity index (χ4n) is 4.37. The molecule has 2 aromatic carbocycles. The first kappa shape index (κ1) is 20.2.